The molecule has 0 aromatic heterocycles. The zero-order valence-corrected chi connectivity index (χ0v) is 8.44. The van der Waals surface area contributed by atoms with Gasteiger partial charge in [-0.3, -0.25) is 0 Å². The molecule has 0 saturated carbocycles. The van der Waals surface area contributed by atoms with Gasteiger partial charge in [-0.15, -0.1) is 0 Å². The van der Waals surface area contributed by atoms with Crippen LogP contribution in [0.2, 0.25) is 0 Å². The minimum Gasteiger partial charge on any atom is -0.507 e. The summed E-state index contributed by atoms with van der Waals surface area (Å²) in [6.45, 7) is 1.90. The summed E-state index contributed by atoms with van der Waals surface area (Å²) in [7, 11) is 0. The molecule has 0 aliphatic rings. The van der Waals surface area contributed by atoms with Crippen LogP contribution in [0, 0.1) is 6.92 Å². The molecule has 0 aliphatic carbocycles. The lowest BCUT2D eigenvalue weighted by Gasteiger charge is -2.09. The summed E-state index contributed by atoms with van der Waals surface area (Å²) < 4.78 is 0. The van der Waals surface area contributed by atoms with Crippen molar-refractivity contribution < 1.29 is 10.2 Å². The summed E-state index contributed by atoms with van der Waals surface area (Å²) in [5.74, 6) is 0.374. The van der Waals surface area contributed by atoms with Crippen LogP contribution >= 0.6 is 0 Å². The predicted octanol–water partition coefficient (Wildman–Crippen LogP) is 1.89. The SMILES string of the molecule is Cc1cccc(O)c1-c1ccccc1O.[AlH3]. The van der Waals surface area contributed by atoms with Crippen LogP contribution in [0.25, 0.3) is 11.1 Å². The number of para-hydroxylation sites is 1. The second-order valence-electron chi connectivity index (χ2n) is 3.49. The molecule has 0 bridgehead atoms. The molecule has 2 rings (SSSR count). The van der Waals surface area contributed by atoms with Crippen LogP contribution in [0.1, 0.15) is 5.56 Å². The highest BCUT2D eigenvalue weighted by Gasteiger charge is 2.10. The molecule has 82 valence electrons. The maximum Gasteiger partial charge on any atom is 0.187 e. The predicted molar refractivity (Wildman–Crippen MR) is 69.9 cm³/mol. The van der Waals surface area contributed by atoms with Crippen LogP contribution in [-0.2, 0) is 0 Å². The summed E-state index contributed by atoms with van der Waals surface area (Å²) in [6, 6.07) is 12.3. The van der Waals surface area contributed by atoms with Crippen molar-refractivity contribution in [3.05, 3.63) is 48.0 Å². The van der Waals surface area contributed by atoms with Crippen molar-refractivity contribution in [1.82, 2.24) is 0 Å². The average molecular weight is 230 g/mol. The Kier molecular flexibility index (Phi) is 4.00. The number of hydrogen-bond acceptors (Lipinski definition) is 2. The highest BCUT2D eigenvalue weighted by molar-refractivity contribution is 5.77. The van der Waals surface area contributed by atoms with Gasteiger partial charge in [0.1, 0.15) is 11.5 Å². The molecule has 0 unspecified atom stereocenters. The lowest BCUT2D eigenvalue weighted by Crippen LogP contribution is -1.84. The summed E-state index contributed by atoms with van der Waals surface area (Å²) >= 11 is 0. The minimum atomic E-state index is 0. The number of rotatable bonds is 1. The third-order valence-electron chi connectivity index (χ3n) is 2.42. The van der Waals surface area contributed by atoms with Gasteiger partial charge >= 0.3 is 0 Å². The quantitative estimate of drug-likeness (QED) is 0.734. The third kappa shape index (κ3) is 2.21. The van der Waals surface area contributed by atoms with Crippen molar-refractivity contribution in [3.63, 3.8) is 0 Å². The molecule has 0 aliphatic heterocycles. The fourth-order valence-corrected chi connectivity index (χ4v) is 1.69. The first-order valence-corrected chi connectivity index (χ1v) is 4.77. The Hall–Kier alpha value is -1.43. The van der Waals surface area contributed by atoms with Gasteiger partial charge in [-0.1, -0.05) is 30.3 Å². The zero-order chi connectivity index (χ0) is 10.8. The molecule has 2 N–H and O–H groups in total. The Labute approximate surface area is 105 Å². The van der Waals surface area contributed by atoms with Gasteiger partial charge in [-0.25, -0.2) is 0 Å². The highest BCUT2D eigenvalue weighted by Crippen LogP contribution is 2.37. The maximum atomic E-state index is 9.76. The normalized spacial score (nSPS) is 9.56. The molecule has 0 amide bonds. The standard InChI is InChI=1S/C13H12O2.Al.3H/c1-9-5-4-8-12(15)13(9)10-6-2-3-7-11(10)14;;;;/h2-8,14-15H,1H3;;;;. The molecular formula is C13H15AlO2. The second kappa shape index (κ2) is 5.07. The first kappa shape index (κ1) is 12.6. The molecule has 3 heteroatoms. The fourth-order valence-electron chi connectivity index (χ4n) is 1.69. The molecule has 2 aromatic carbocycles. The number of aryl methyl sites for hydroxylation is 1. The largest absolute Gasteiger partial charge is 0.507 e. The van der Waals surface area contributed by atoms with E-state index in [1.54, 1.807) is 30.3 Å². The second-order valence-corrected chi connectivity index (χ2v) is 3.49. The molecule has 2 aromatic rings. The van der Waals surface area contributed by atoms with Gasteiger partial charge in [-0.2, -0.15) is 0 Å². The van der Waals surface area contributed by atoms with Crippen LogP contribution < -0.4 is 0 Å². The van der Waals surface area contributed by atoms with E-state index in [0.29, 0.717) is 11.1 Å². The number of benzene rings is 2. The fraction of sp³-hybridized carbons (Fsp3) is 0.0769. The topological polar surface area (TPSA) is 40.5 Å². The van der Waals surface area contributed by atoms with Crippen LogP contribution in [0.15, 0.2) is 42.5 Å². The van der Waals surface area contributed by atoms with E-state index in [1.165, 1.54) is 0 Å². The minimum absolute atomic E-state index is 0. The maximum absolute atomic E-state index is 9.76. The van der Waals surface area contributed by atoms with Crippen molar-refractivity contribution in [3.8, 4) is 22.6 Å². The molecule has 0 fully saturated rings. The molecule has 16 heavy (non-hydrogen) atoms. The summed E-state index contributed by atoms with van der Waals surface area (Å²) in [5.41, 5.74) is 2.29. The van der Waals surface area contributed by atoms with E-state index >= 15 is 0 Å². The van der Waals surface area contributed by atoms with Gasteiger partial charge in [0.05, 0.1) is 0 Å². The Morgan fingerprint density at radius 2 is 1.44 bits per heavy atom. The van der Waals surface area contributed by atoms with Gasteiger partial charge in [0.15, 0.2) is 17.4 Å². The number of hydrogen-bond donors (Lipinski definition) is 2. The molecule has 0 saturated heterocycles. The first-order valence-electron chi connectivity index (χ1n) is 4.77. The van der Waals surface area contributed by atoms with E-state index < -0.39 is 0 Å². The van der Waals surface area contributed by atoms with Crippen LogP contribution in [-0.4, -0.2) is 27.6 Å². The van der Waals surface area contributed by atoms with E-state index in [1.807, 2.05) is 19.1 Å². The van der Waals surface area contributed by atoms with E-state index in [-0.39, 0.29) is 28.9 Å². The van der Waals surface area contributed by atoms with Crippen molar-refractivity contribution in [2.24, 2.45) is 0 Å². The molecule has 0 atom stereocenters. The van der Waals surface area contributed by atoms with Gasteiger partial charge < -0.3 is 10.2 Å². The first-order chi connectivity index (χ1) is 7.20. The van der Waals surface area contributed by atoms with Gasteiger partial charge in [0.2, 0.25) is 0 Å². The molecule has 0 spiro atoms. The summed E-state index contributed by atoms with van der Waals surface area (Å²) in [4.78, 5) is 0. The molecule has 2 nitrogen and oxygen atoms in total. The number of phenolic OH excluding ortho intramolecular Hbond substituents is 2. The third-order valence-corrected chi connectivity index (χ3v) is 2.42. The average Bonchev–Trinajstić information content (AvgIpc) is 2.20. The summed E-state index contributed by atoms with van der Waals surface area (Å²) in [6.07, 6.45) is 0. The van der Waals surface area contributed by atoms with Gasteiger partial charge in [0.25, 0.3) is 0 Å². The zero-order valence-electron chi connectivity index (χ0n) is 8.44. The van der Waals surface area contributed by atoms with Crippen molar-refractivity contribution in [2.45, 2.75) is 6.92 Å². The lowest BCUT2D eigenvalue weighted by atomic mass is 9.99. The monoisotopic (exact) mass is 230 g/mol. The van der Waals surface area contributed by atoms with Crippen molar-refractivity contribution >= 4 is 17.4 Å². The summed E-state index contributed by atoms with van der Waals surface area (Å²) in [5, 5.41) is 19.5. The Morgan fingerprint density at radius 3 is 2.06 bits per heavy atom. The van der Waals surface area contributed by atoms with Crippen molar-refractivity contribution in [2.75, 3.05) is 0 Å². The molecule has 0 heterocycles. The Balaban J connectivity index is 0.00000128. The van der Waals surface area contributed by atoms with E-state index in [4.69, 9.17) is 0 Å². The van der Waals surface area contributed by atoms with E-state index in [9.17, 15) is 10.2 Å². The van der Waals surface area contributed by atoms with Crippen LogP contribution in [0.5, 0.6) is 11.5 Å². The number of aromatic hydroxyl groups is 2. The Bertz CT molecular complexity index is 475. The number of phenols is 2. The molecule has 0 radical (unpaired) electrons. The highest BCUT2D eigenvalue weighted by atomic mass is 27.0. The van der Waals surface area contributed by atoms with Gasteiger partial charge in [0, 0.05) is 11.1 Å². The Morgan fingerprint density at radius 1 is 0.812 bits per heavy atom. The van der Waals surface area contributed by atoms with E-state index in [0.717, 1.165) is 5.56 Å². The van der Waals surface area contributed by atoms with Crippen LogP contribution in [0.3, 0.4) is 0 Å². The van der Waals surface area contributed by atoms with Crippen molar-refractivity contribution in [1.29, 1.82) is 0 Å². The smallest absolute Gasteiger partial charge is 0.187 e. The molecular weight excluding hydrogens is 215 g/mol. The lowest BCUT2D eigenvalue weighted by molar-refractivity contribution is 0.469. The van der Waals surface area contributed by atoms with Gasteiger partial charge in [-0.05, 0) is 24.6 Å². The van der Waals surface area contributed by atoms with E-state index in [2.05, 4.69) is 0 Å². The van der Waals surface area contributed by atoms with Crippen LogP contribution in [0.4, 0.5) is 0 Å².